The number of hydrogen-bond donors (Lipinski definition) is 2. The van der Waals surface area contributed by atoms with Gasteiger partial charge in [0.2, 0.25) is 0 Å². The molecule has 11 heteroatoms. The van der Waals surface area contributed by atoms with Crippen molar-refractivity contribution in [2.45, 2.75) is 45.1 Å². The number of aromatic nitrogens is 1. The van der Waals surface area contributed by atoms with Gasteiger partial charge < -0.3 is 19.4 Å². The van der Waals surface area contributed by atoms with E-state index in [1.807, 2.05) is 27.7 Å². The Morgan fingerprint density at radius 1 is 1.06 bits per heavy atom. The second-order valence-electron chi connectivity index (χ2n) is 8.05. The summed E-state index contributed by atoms with van der Waals surface area (Å²) in [5.74, 6) is 0.196. The number of alkyl halides is 3. The van der Waals surface area contributed by atoms with Crippen molar-refractivity contribution in [1.82, 2.24) is 4.98 Å². The van der Waals surface area contributed by atoms with Crippen LogP contribution in [0.3, 0.4) is 0 Å². The molecule has 0 atom stereocenters. The number of carbonyl (C=O) groups is 1. The van der Waals surface area contributed by atoms with E-state index >= 15 is 0 Å². The Morgan fingerprint density at radius 3 is 2.29 bits per heavy atom. The summed E-state index contributed by atoms with van der Waals surface area (Å²) in [7, 11) is 0.817. The zero-order valence-corrected chi connectivity index (χ0v) is 17.8. The Morgan fingerprint density at radius 2 is 1.71 bits per heavy atom. The first-order chi connectivity index (χ1) is 14.3. The first kappa shape index (κ1) is 22.9. The van der Waals surface area contributed by atoms with Gasteiger partial charge in [-0.1, -0.05) is 6.07 Å². The summed E-state index contributed by atoms with van der Waals surface area (Å²) >= 11 is 0. The molecule has 2 heterocycles. The molecular weight excluding hydrogens is 414 g/mol. The number of anilines is 2. The van der Waals surface area contributed by atoms with Crippen LogP contribution in [-0.2, 0) is 15.5 Å². The lowest BCUT2D eigenvalue weighted by molar-refractivity contribution is -0.137. The lowest BCUT2D eigenvalue weighted by atomic mass is 9.78. The zero-order valence-electron chi connectivity index (χ0n) is 17.8. The van der Waals surface area contributed by atoms with Crippen molar-refractivity contribution in [3.05, 3.63) is 42.1 Å². The van der Waals surface area contributed by atoms with E-state index < -0.39 is 36.1 Å². The number of hydrogen-bond acceptors (Lipinski definition) is 5. The summed E-state index contributed by atoms with van der Waals surface area (Å²) in [6.07, 6.45) is -3.56. The highest BCUT2D eigenvalue weighted by Gasteiger charge is 2.52. The van der Waals surface area contributed by atoms with E-state index in [-0.39, 0.29) is 5.82 Å². The fourth-order valence-electron chi connectivity index (χ4n) is 2.91. The number of nitrogens with zero attached hydrogens (tertiary/aromatic N) is 1. The molecule has 2 aromatic rings. The molecule has 1 fully saturated rings. The summed E-state index contributed by atoms with van der Waals surface area (Å²) in [6.45, 7) is 7.73. The monoisotopic (exact) mass is 437 g/mol. The molecule has 0 aliphatic carbocycles. The van der Waals surface area contributed by atoms with Crippen LogP contribution in [0.4, 0.5) is 29.5 Å². The minimum Gasteiger partial charge on any atom is -0.497 e. The Kier molecular flexibility index (Phi) is 5.94. The van der Waals surface area contributed by atoms with Crippen LogP contribution >= 0.6 is 0 Å². The highest BCUT2D eigenvalue weighted by atomic mass is 19.4. The van der Waals surface area contributed by atoms with Crippen molar-refractivity contribution < 1.29 is 32.0 Å². The summed E-state index contributed by atoms with van der Waals surface area (Å²) in [5, 5.41) is 4.82. The molecule has 166 valence electrons. The highest BCUT2D eigenvalue weighted by molar-refractivity contribution is 6.63. The van der Waals surface area contributed by atoms with Gasteiger partial charge in [-0.2, -0.15) is 13.2 Å². The number of amides is 2. The number of rotatable bonds is 4. The first-order valence-corrected chi connectivity index (χ1v) is 9.47. The second kappa shape index (κ2) is 8.05. The number of urea groups is 1. The van der Waals surface area contributed by atoms with Crippen molar-refractivity contribution in [2.75, 3.05) is 17.7 Å². The smallest absolute Gasteiger partial charge is 0.497 e. The van der Waals surface area contributed by atoms with Gasteiger partial charge in [0, 0.05) is 23.4 Å². The molecule has 0 saturated carbocycles. The fourth-order valence-corrected chi connectivity index (χ4v) is 2.91. The number of halogens is 3. The van der Waals surface area contributed by atoms with Crippen LogP contribution in [0.1, 0.15) is 33.3 Å². The number of ether oxygens (including phenoxy) is 1. The van der Waals surface area contributed by atoms with Gasteiger partial charge in [-0.05, 0) is 45.9 Å². The molecule has 0 spiro atoms. The minimum absolute atomic E-state index is 0.229. The van der Waals surface area contributed by atoms with E-state index in [1.165, 1.54) is 7.11 Å². The predicted molar refractivity (Wildman–Crippen MR) is 111 cm³/mol. The predicted octanol–water partition coefficient (Wildman–Crippen LogP) is 4.05. The normalized spacial score (nSPS) is 17.4. The first-order valence-electron chi connectivity index (χ1n) is 9.47. The number of nitrogens with one attached hydrogen (secondary N) is 2. The van der Waals surface area contributed by atoms with Crippen LogP contribution in [0.15, 0.2) is 36.5 Å². The molecule has 7 nitrogen and oxygen atoms in total. The van der Waals surface area contributed by atoms with Gasteiger partial charge in [0.05, 0.1) is 23.9 Å². The largest absolute Gasteiger partial charge is 0.498 e. The van der Waals surface area contributed by atoms with Crippen molar-refractivity contribution in [1.29, 1.82) is 0 Å². The lowest BCUT2D eigenvalue weighted by Crippen LogP contribution is -2.41. The molecule has 3 rings (SSSR count). The van der Waals surface area contributed by atoms with Gasteiger partial charge >= 0.3 is 19.3 Å². The quantitative estimate of drug-likeness (QED) is 0.706. The molecule has 0 bridgehead atoms. The molecule has 1 aromatic heterocycles. The number of benzene rings is 1. The van der Waals surface area contributed by atoms with Gasteiger partial charge in [0.15, 0.2) is 0 Å². The van der Waals surface area contributed by atoms with E-state index in [4.69, 9.17) is 14.0 Å². The van der Waals surface area contributed by atoms with E-state index in [1.54, 1.807) is 18.2 Å². The van der Waals surface area contributed by atoms with Crippen LogP contribution in [-0.4, -0.2) is 36.4 Å². The molecule has 1 aliphatic rings. The summed E-state index contributed by atoms with van der Waals surface area (Å²) < 4.78 is 55.9. The minimum atomic E-state index is -4.54. The standard InChI is InChI=1S/C20H23BF3N3O4/c1-18(2)19(3,4)31-21(30-18)14-7-6-13(11-15(14)29-5)26-17(28)27-16-10-12(8-9-25-16)20(22,23)24/h6-11H,1-5H3,(H2,25,26,27,28). The van der Waals surface area contributed by atoms with Gasteiger partial charge in [0.1, 0.15) is 11.6 Å². The SMILES string of the molecule is COc1cc(NC(=O)Nc2cc(C(F)(F)F)ccn2)ccc1B1OC(C)(C)C(C)(C)O1. The molecular formula is C20H23BF3N3O4. The van der Waals surface area contributed by atoms with E-state index in [9.17, 15) is 18.0 Å². The molecule has 0 unspecified atom stereocenters. The van der Waals surface area contributed by atoms with Crippen LogP contribution in [0.2, 0.25) is 0 Å². The van der Waals surface area contributed by atoms with Crippen molar-refractivity contribution in [2.24, 2.45) is 0 Å². The Hall–Kier alpha value is -2.79. The Bertz CT molecular complexity index is 966. The van der Waals surface area contributed by atoms with Gasteiger partial charge in [0.25, 0.3) is 0 Å². The van der Waals surface area contributed by atoms with Gasteiger partial charge in [-0.3, -0.25) is 5.32 Å². The fraction of sp³-hybridized carbons (Fsp3) is 0.400. The topological polar surface area (TPSA) is 81.7 Å². The maximum atomic E-state index is 12.8. The maximum Gasteiger partial charge on any atom is 0.498 e. The molecule has 1 aromatic carbocycles. The Labute approximate surface area is 178 Å². The third kappa shape index (κ3) is 4.93. The summed E-state index contributed by atoms with van der Waals surface area (Å²) in [4.78, 5) is 16.0. The highest BCUT2D eigenvalue weighted by Crippen LogP contribution is 2.37. The molecule has 1 aliphatic heterocycles. The maximum absolute atomic E-state index is 12.8. The Balaban J connectivity index is 1.73. The van der Waals surface area contributed by atoms with E-state index in [0.717, 1.165) is 18.3 Å². The molecule has 2 N–H and O–H groups in total. The number of carbonyl (C=O) groups excluding carboxylic acids is 1. The van der Waals surface area contributed by atoms with Crippen LogP contribution < -0.4 is 20.8 Å². The lowest BCUT2D eigenvalue weighted by Gasteiger charge is -2.32. The van der Waals surface area contributed by atoms with Crippen LogP contribution in [0.5, 0.6) is 5.75 Å². The van der Waals surface area contributed by atoms with Crippen molar-refractivity contribution in [3.63, 3.8) is 0 Å². The summed E-state index contributed by atoms with van der Waals surface area (Å²) in [6, 6.07) is 5.70. The average Bonchev–Trinajstić information content (AvgIpc) is 2.88. The van der Waals surface area contributed by atoms with E-state index in [2.05, 4.69) is 15.6 Å². The number of methoxy groups -OCH3 is 1. The average molecular weight is 437 g/mol. The van der Waals surface area contributed by atoms with Crippen molar-refractivity contribution >= 4 is 30.1 Å². The van der Waals surface area contributed by atoms with E-state index in [0.29, 0.717) is 16.9 Å². The zero-order chi connectivity index (χ0) is 23.0. The second-order valence-corrected chi connectivity index (χ2v) is 8.05. The van der Waals surface area contributed by atoms with Gasteiger partial charge in [-0.25, -0.2) is 9.78 Å². The van der Waals surface area contributed by atoms with Crippen LogP contribution in [0.25, 0.3) is 0 Å². The molecule has 0 radical (unpaired) electrons. The number of pyridine rings is 1. The van der Waals surface area contributed by atoms with Crippen LogP contribution in [0, 0.1) is 0 Å². The third-order valence-corrected chi connectivity index (χ3v) is 5.33. The van der Waals surface area contributed by atoms with Gasteiger partial charge in [-0.15, -0.1) is 0 Å². The van der Waals surface area contributed by atoms with Crippen molar-refractivity contribution in [3.8, 4) is 5.75 Å². The summed E-state index contributed by atoms with van der Waals surface area (Å²) in [5.41, 5.74) is -0.964. The molecule has 2 amide bonds. The third-order valence-electron chi connectivity index (χ3n) is 5.33. The molecule has 1 saturated heterocycles. The molecule has 31 heavy (non-hydrogen) atoms.